The van der Waals surface area contributed by atoms with E-state index >= 15 is 0 Å². The number of nitrogens with one attached hydrogen (secondary N) is 2. The molecule has 0 aliphatic rings. The number of rotatable bonds is 11. The summed E-state index contributed by atoms with van der Waals surface area (Å²) in [7, 11) is 0. The minimum absolute atomic E-state index is 0.103. The van der Waals surface area contributed by atoms with Gasteiger partial charge in [-0.25, -0.2) is 0 Å². The van der Waals surface area contributed by atoms with Gasteiger partial charge in [0.2, 0.25) is 0 Å². The Balaban J connectivity index is 1.25. The number of amides is 1. The molecule has 3 N–H and O–H groups in total. The third-order valence-electron chi connectivity index (χ3n) is 6.10. The summed E-state index contributed by atoms with van der Waals surface area (Å²) < 4.78 is 11.9. The van der Waals surface area contributed by atoms with Gasteiger partial charge in [0.15, 0.2) is 0 Å². The maximum atomic E-state index is 12.1. The van der Waals surface area contributed by atoms with Gasteiger partial charge in [-0.15, -0.1) is 0 Å². The Bertz CT molecular complexity index is 1280. The molecule has 1 heterocycles. The van der Waals surface area contributed by atoms with Gasteiger partial charge in [-0.05, 0) is 67.6 Å². The van der Waals surface area contributed by atoms with Gasteiger partial charge >= 0.3 is 5.97 Å². The lowest BCUT2D eigenvalue weighted by Gasteiger charge is -2.23. The van der Waals surface area contributed by atoms with Gasteiger partial charge in [0, 0.05) is 40.7 Å². The molecular formula is C29H30N2O5. The van der Waals surface area contributed by atoms with Crippen molar-refractivity contribution >= 4 is 28.5 Å². The number of furan rings is 1. The number of para-hydroxylation sites is 1. The summed E-state index contributed by atoms with van der Waals surface area (Å²) in [5.41, 5.74) is 3.25. The summed E-state index contributed by atoms with van der Waals surface area (Å²) in [5, 5.41) is 15.8. The molecule has 0 spiro atoms. The van der Waals surface area contributed by atoms with E-state index in [4.69, 9.17) is 14.3 Å². The van der Waals surface area contributed by atoms with E-state index in [1.807, 2.05) is 66.7 Å². The van der Waals surface area contributed by atoms with E-state index in [2.05, 4.69) is 24.5 Å². The van der Waals surface area contributed by atoms with Gasteiger partial charge in [0.05, 0.1) is 13.0 Å². The van der Waals surface area contributed by atoms with Crippen molar-refractivity contribution in [3.05, 3.63) is 84.4 Å². The molecule has 0 aliphatic heterocycles. The first-order chi connectivity index (χ1) is 17.4. The number of carbonyl (C=O) groups is 2. The monoisotopic (exact) mass is 486 g/mol. The van der Waals surface area contributed by atoms with E-state index < -0.39 is 5.97 Å². The molecule has 0 radical (unpaired) electrons. The minimum atomic E-state index is -0.943. The first kappa shape index (κ1) is 24.9. The Morgan fingerprint density at radius 1 is 0.972 bits per heavy atom. The Hall–Kier alpha value is -4.26. The largest absolute Gasteiger partial charge is 0.493 e. The van der Waals surface area contributed by atoms with E-state index in [9.17, 15) is 9.59 Å². The second-order valence-corrected chi connectivity index (χ2v) is 8.87. The van der Waals surface area contributed by atoms with Crippen LogP contribution in [-0.4, -0.2) is 36.2 Å². The molecule has 0 aliphatic carbocycles. The average molecular weight is 487 g/mol. The van der Waals surface area contributed by atoms with E-state index in [1.165, 1.54) is 0 Å². The number of anilines is 1. The molecule has 0 saturated heterocycles. The van der Waals surface area contributed by atoms with Crippen LogP contribution in [0.5, 0.6) is 5.75 Å². The third-order valence-corrected chi connectivity index (χ3v) is 6.10. The Morgan fingerprint density at radius 2 is 1.69 bits per heavy atom. The highest BCUT2D eigenvalue weighted by Crippen LogP contribution is 2.29. The first-order valence-corrected chi connectivity index (χ1v) is 12.0. The smallest absolute Gasteiger partial charge is 0.305 e. The van der Waals surface area contributed by atoms with Crippen LogP contribution in [0.4, 0.5) is 5.69 Å². The molecule has 4 aromatic rings. The van der Waals surface area contributed by atoms with Crippen LogP contribution in [0.25, 0.3) is 22.3 Å². The first-order valence-electron chi connectivity index (χ1n) is 12.0. The molecule has 2 atom stereocenters. The summed E-state index contributed by atoms with van der Waals surface area (Å²) in [6, 6.07) is 25.1. The van der Waals surface area contributed by atoms with Crippen molar-refractivity contribution in [2.75, 3.05) is 18.5 Å². The third kappa shape index (κ3) is 6.44. The van der Waals surface area contributed by atoms with E-state index in [-0.39, 0.29) is 30.8 Å². The highest BCUT2D eigenvalue weighted by Gasteiger charge is 2.14. The predicted octanol–water partition coefficient (Wildman–Crippen LogP) is 5.82. The van der Waals surface area contributed by atoms with Gasteiger partial charge in [-0.3, -0.25) is 9.59 Å². The Labute approximate surface area is 210 Å². The summed E-state index contributed by atoms with van der Waals surface area (Å²) in [6.45, 7) is 4.85. The van der Waals surface area contributed by atoms with Crippen LogP contribution in [-0.2, 0) is 4.79 Å². The van der Waals surface area contributed by atoms with Crippen molar-refractivity contribution in [2.24, 2.45) is 5.92 Å². The number of ether oxygens (including phenoxy) is 1. The fourth-order valence-corrected chi connectivity index (χ4v) is 3.72. The van der Waals surface area contributed by atoms with Crippen LogP contribution in [0.2, 0.25) is 0 Å². The highest BCUT2D eigenvalue weighted by molar-refractivity contribution is 5.94. The van der Waals surface area contributed by atoms with Crippen LogP contribution in [0, 0.1) is 5.92 Å². The molecule has 7 nitrogen and oxygen atoms in total. The van der Waals surface area contributed by atoms with Crippen LogP contribution in [0.15, 0.2) is 83.3 Å². The lowest BCUT2D eigenvalue weighted by atomic mass is 10.0. The molecule has 1 amide bonds. The molecule has 0 fully saturated rings. The van der Waals surface area contributed by atoms with Crippen molar-refractivity contribution < 1.29 is 23.8 Å². The molecule has 7 heteroatoms. The lowest BCUT2D eigenvalue weighted by molar-refractivity contribution is -0.136. The number of carboxylic acids is 1. The van der Waals surface area contributed by atoms with Crippen LogP contribution < -0.4 is 15.4 Å². The predicted molar refractivity (Wildman–Crippen MR) is 140 cm³/mol. The zero-order chi connectivity index (χ0) is 25.5. The van der Waals surface area contributed by atoms with Crippen molar-refractivity contribution in [1.82, 2.24) is 5.32 Å². The summed E-state index contributed by atoms with van der Waals surface area (Å²) >= 11 is 0. The zero-order valence-electron chi connectivity index (χ0n) is 20.4. The van der Waals surface area contributed by atoms with Crippen LogP contribution >= 0.6 is 0 Å². The molecule has 186 valence electrons. The zero-order valence-corrected chi connectivity index (χ0v) is 20.4. The second-order valence-electron chi connectivity index (χ2n) is 8.87. The number of hydrogen-bond acceptors (Lipinski definition) is 5. The summed E-state index contributed by atoms with van der Waals surface area (Å²) in [6.07, 6.45) is -0.103. The van der Waals surface area contributed by atoms with Gasteiger partial charge in [0.25, 0.3) is 5.91 Å². The number of benzene rings is 3. The van der Waals surface area contributed by atoms with Gasteiger partial charge in [-0.1, -0.05) is 25.1 Å². The second kappa shape index (κ2) is 11.4. The summed E-state index contributed by atoms with van der Waals surface area (Å²) in [4.78, 5) is 22.7. The molecule has 1 aromatic heterocycles. The maximum absolute atomic E-state index is 12.1. The molecular weight excluding hydrogens is 456 g/mol. The standard InChI is InChI=1S/C29H30N2O5/c1-19(20(2)31-24-11-7-22(8-12-24)29(34)30-16-15-28(32)33)18-35-25-13-9-21(10-14-25)27-17-23-5-3-4-6-26(23)36-27/h3-14,17,19-20,31H,15-16,18H2,1-2H3,(H,30,34)(H,32,33)/t19-,20+/m1/s1. The fraction of sp³-hybridized carbons (Fsp3) is 0.241. The van der Waals surface area contributed by atoms with Crippen molar-refractivity contribution in [2.45, 2.75) is 26.3 Å². The molecule has 0 saturated carbocycles. The molecule has 0 unspecified atom stereocenters. The normalized spacial score (nSPS) is 12.6. The van der Waals surface area contributed by atoms with Crippen LogP contribution in [0.3, 0.4) is 0 Å². The fourth-order valence-electron chi connectivity index (χ4n) is 3.72. The lowest BCUT2D eigenvalue weighted by Crippen LogP contribution is -2.28. The number of carboxylic acid groups (broad SMARTS) is 1. The summed E-state index contributed by atoms with van der Waals surface area (Å²) in [5.74, 6) is 0.620. The quantitative estimate of drug-likeness (QED) is 0.247. The van der Waals surface area contributed by atoms with Gasteiger partial charge in [0.1, 0.15) is 17.1 Å². The highest BCUT2D eigenvalue weighted by atomic mass is 16.5. The molecule has 3 aromatic carbocycles. The number of hydrogen-bond donors (Lipinski definition) is 3. The Morgan fingerprint density at radius 3 is 2.39 bits per heavy atom. The molecule has 36 heavy (non-hydrogen) atoms. The number of carbonyl (C=O) groups excluding carboxylic acids is 1. The van der Waals surface area contributed by atoms with E-state index in [0.29, 0.717) is 12.2 Å². The van der Waals surface area contributed by atoms with Crippen molar-refractivity contribution in [3.8, 4) is 17.1 Å². The van der Waals surface area contributed by atoms with E-state index in [1.54, 1.807) is 12.1 Å². The SMILES string of the molecule is C[C@H](COc1ccc(-c2cc3ccccc3o2)cc1)[C@H](C)Nc1ccc(C(=O)NCCC(=O)O)cc1. The topological polar surface area (TPSA) is 101 Å². The number of aliphatic carboxylic acids is 1. The van der Waals surface area contributed by atoms with Crippen LogP contribution in [0.1, 0.15) is 30.6 Å². The maximum Gasteiger partial charge on any atom is 0.305 e. The van der Waals surface area contributed by atoms with E-state index in [0.717, 1.165) is 33.7 Å². The Kier molecular flexibility index (Phi) is 7.90. The minimum Gasteiger partial charge on any atom is -0.493 e. The molecule has 4 rings (SSSR count). The van der Waals surface area contributed by atoms with Crippen molar-refractivity contribution in [3.63, 3.8) is 0 Å². The van der Waals surface area contributed by atoms with Gasteiger partial charge < -0.3 is 24.9 Å². The van der Waals surface area contributed by atoms with Gasteiger partial charge in [-0.2, -0.15) is 0 Å². The number of fused-ring (bicyclic) bond motifs is 1. The van der Waals surface area contributed by atoms with Crippen molar-refractivity contribution in [1.29, 1.82) is 0 Å². The molecule has 0 bridgehead atoms. The average Bonchev–Trinajstić information content (AvgIpc) is 3.32.